The van der Waals surface area contributed by atoms with Crippen LogP contribution in [0.5, 0.6) is 0 Å². The Morgan fingerprint density at radius 1 is 0.886 bits per heavy atom. The molecule has 12 N–H and O–H groups in total. The number of carboxylic acids is 2. The molecule has 0 saturated carbocycles. The van der Waals surface area contributed by atoms with Crippen LogP contribution in [0.25, 0.3) is 0 Å². The zero-order valence-electron chi connectivity index (χ0n) is 19.4. The second-order valence-corrected chi connectivity index (χ2v) is 8.46. The third kappa shape index (κ3) is 14.0. The Bertz CT molecular complexity index is 763. The van der Waals surface area contributed by atoms with Gasteiger partial charge in [-0.2, -0.15) is 11.8 Å². The molecule has 0 bridgehead atoms. The van der Waals surface area contributed by atoms with Gasteiger partial charge < -0.3 is 48.5 Å². The van der Waals surface area contributed by atoms with Gasteiger partial charge in [-0.05, 0) is 37.7 Å². The number of amides is 3. The molecule has 0 aliphatic heterocycles. The van der Waals surface area contributed by atoms with Gasteiger partial charge in [-0.25, -0.2) is 4.79 Å². The highest BCUT2D eigenvalue weighted by atomic mass is 32.2. The van der Waals surface area contributed by atoms with E-state index in [0.29, 0.717) is 5.75 Å². The number of guanidine groups is 1. The predicted octanol–water partition coefficient (Wildman–Crippen LogP) is -3.48. The van der Waals surface area contributed by atoms with Gasteiger partial charge in [0.15, 0.2) is 5.96 Å². The van der Waals surface area contributed by atoms with E-state index in [2.05, 4.69) is 20.9 Å². The Labute approximate surface area is 206 Å². The van der Waals surface area contributed by atoms with Crippen molar-refractivity contribution in [2.45, 2.75) is 56.3 Å². The topological polar surface area (TPSA) is 273 Å². The van der Waals surface area contributed by atoms with E-state index in [1.807, 2.05) is 0 Å². The number of aliphatic hydroxyl groups is 1. The van der Waals surface area contributed by atoms with Crippen molar-refractivity contribution in [1.29, 1.82) is 0 Å². The summed E-state index contributed by atoms with van der Waals surface area (Å²) >= 11 is 1.39. The van der Waals surface area contributed by atoms with Crippen LogP contribution in [0, 0.1) is 0 Å². The van der Waals surface area contributed by atoms with Crippen LogP contribution in [0.4, 0.5) is 0 Å². The van der Waals surface area contributed by atoms with Crippen LogP contribution in [0.2, 0.25) is 0 Å². The fourth-order valence-corrected chi connectivity index (χ4v) is 3.16. The minimum Gasteiger partial charge on any atom is -0.481 e. The molecule has 0 aromatic rings. The molecule has 4 atom stereocenters. The third-order valence-electron chi connectivity index (χ3n) is 4.63. The molecule has 16 heteroatoms. The summed E-state index contributed by atoms with van der Waals surface area (Å²) in [5, 5.41) is 34.6. The minimum absolute atomic E-state index is 0.00934. The lowest BCUT2D eigenvalue weighted by Gasteiger charge is -2.24. The average Bonchev–Trinajstić information content (AvgIpc) is 2.79. The number of hydrogen-bond donors (Lipinski definition) is 9. The second-order valence-electron chi connectivity index (χ2n) is 7.47. The van der Waals surface area contributed by atoms with Gasteiger partial charge in [0.25, 0.3) is 0 Å². The average molecular weight is 522 g/mol. The zero-order chi connectivity index (χ0) is 27.0. The van der Waals surface area contributed by atoms with Crippen LogP contribution in [0.3, 0.4) is 0 Å². The molecule has 0 aliphatic carbocycles. The highest BCUT2D eigenvalue weighted by molar-refractivity contribution is 7.98. The van der Waals surface area contributed by atoms with Crippen LogP contribution in [-0.2, 0) is 24.0 Å². The Morgan fingerprint density at radius 2 is 1.46 bits per heavy atom. The molecule has 4 unspecified atom stereocenters. The fourth-order valence-electron chi connectivity index (χ4n) is 2.69. The number of aliphatic imine (C=N–C) groups is 1. The highest BCUT2D eigenvalue weighted by Crippen LogP contribution is 2.05. The van der Waals surface area contributed by atoms with E-state index < -0.39 is 60.4 Å². The number of thioether (sulfide) groups is 1. The van der Waals surface area contributed by atoms with E-state index in [0.717, 1.165) is 0 Å². The van der Waals surface area contributed by atoms with E-state index in [9.17, 15) is 34.2 Å². The second kappa shape index (κ2) is 17.3. The molecule has 0 aliphatic rings. The fraction of sp³-hybridized carbons (Fsp3) is 0.684. The van der Waals surface area contributed by atoms with E-state index in [-0.39, 0.29) is 44.6 Å². The first-order valence-electron chi connectivity index (χ1n) is 10.7. The summed E-state index contributed by atoms with van der Waals surface area (Å²) in [5.41, 5.74) is 16.1. The summed E-state index contributed by atoms with van der Waals surface area (Å²) in [6.45, 7) is -0.688. The van der Waals surface area contributed by atoms with Gasteiger partial charge in [-0.3, -0.25) is 24.2 Å². The number of carbonyl (C=O) groups excluding carboxylic acids is 3. The zero-order valence-corrected chi connectivity index (χ0v) is 20.3. The maximum absolute atomic E-state index is 12.7. The SMILES string of the molecule is CSCCC(NC(=O)C(N)CCC(=O)O)C(=O)NC(CO)C(=O)NC(CCCN=C(N)N)C(=O)O. The number of nitrogens with zero attached hydrogens (tertiary/aromatic N) is 1. The Kier molecular flexibility index (Phi) is 15.8. The van der Waals surface area contributed by atoms with Gasteiger partial charge in [0.2, 0.25) is 17.7 Å². The van der Waals surface area contributed by atoms with Crippen molar-refractivity contribution in [2.75, 3.05) is 25.2 Å². The van der Waals surface area contributed by atoms with Crippen LogP contribution < -0.4 is 33.2 Å². The van der Waals surface area contributed by atoms with Gasteiger partial charge in [-0.15, -0.1) is 0 Å². The van der Waals surface area contributed by atoms with Crippen molar-refractivity contribution in [3.8, 4) is 0 Å². The number of aliphatic carboxylic acids is 2. The van der Waals surface area contributed by atoms with Gasteiger partial charge in [0, 0.05) is 13.0 Å². The van der Waals surface area contributed by atoms with E-state index >= 15 is 0 Å². The molecule has 0 radical (unpaired) electrons. The van der Waals surface area contributed by atoms with Crippen LogP contribution in [-0.4, -0.2) is 100 Å². The first-order valence-corrected chi connectivity index (χ1v) is 12.1. The van der Waals surface area contributed by atoms with Crippen molar-refractivity contribution < 1.29 is 39.3 Å². The van der Waals surface area contributed by atoms with Crippen molar-refractivity contribution in [3.63, 3.8) is 0 Å². The van der Waals surface area contributed by atoms with Crippen LogP contribution in [0.1, 0.15) is 32.1 Å². The van der Waals surface area contributed by atoms with E-state index in [4.69, 9.17) is 22.3 Å². The molecule has 0 rings (SSSR count). The smallest absolute Gasteiger partial charge is 0.326 e. The normalized spacial score (nSPS) is 14.0. The van der Waals surface area contributed by atoms with Gasteiger partial charge in [0.1, 0.15) is 18.1 Å². The number of nitrogens with two attached hydrogens (primary N) is 3. The third-order valence-corrected chi connectivity index (χ3v) is 5.27. The maximum atomic E-state index is 12.7. The van der Waals surface area contributed by atoms with E-state index in [1.165, 1.54) is 11.8 Å². The first kappa shape index (κ1) is 31.9. The standard InChI is InChI=1S/C19H35N7O8S/c1-35-8-6-11(24-15(30)10(20)4-5-14(28)29)16(31)26-13(9-27)17(32)25-12(18(33)34)3-2-7-23-19(21)22/h10-13,27H,2-9,20H2,1H3,(H,24,30)(H,25,32)(H,26,31)(H,28,29)(H,33,34)(H4,21,22,23). The Morgan fingerprint density at radius 3 is 1.97 bits per heavy atom. The highest BCUT2D eigenvalue weighted by Gasteiger charge is 2.29. The lowest BCUT2D eigenvalue weighted by atomic mass is 10.1. The van der Waals surface area contributed by atoms with Gasteiger partial charge in [0.05, 0.1) is 12.6 Å². The molecular weight excluding hydrogens is 486 g/mol. The molecule has 0 heterocycles. The number of hydrogen-bond acceptors (Lipinski definition) is 9. The first-order chi connectivity index (χ1) is 16.4. The van der Waals surface area contributed by atoms with Crippen LogP contribution >= 0.6 is 11.8 Å². The molecule has 0 saturated heterocycles. The summed E-state index contributed by atoms with van der Waals surface area (Å²) in [6.07, 6.45) is 1.70. The number of carbonyl (C=O) groups is 5. The summed E-state index contributed by atoms with van der Waals surface area (Å²) in [5.74, 6) is -4.64. The monoisotopic (exact) mass is 521 g/mol. The van der Waals surface area contributed by atoms with Crippen molar-refractivity contribution in [3.05, 3.63) is 0 Å². The number of aliphatic hydroxyl groups excluding tert-OH is 1. The summed E-state index contributed by atoms with van der Waals surface area (Å²) in [7, 11) is 0. The molecule has 15 nitrogen and oxygen atoms in total. The molecule has 0 aromatic carbocycles. The number of carboxylic acid groups (broad SMARTS) is 2. The maximum Gasteiger partial charge on any atom is 0.326 e. The van der Waals surface area contributed by atoms with Gasteiger partial charge in [-0.1, -0.05) is 0 Å². The van der Waals surface area contributed by atoms with E-state index in [1.54, 1.807) is 6.26 Å². The molecular formula is C19H35N7O8S. The lowest BCUT2D eigenvalue weighted by molar-refractivity contribution is -0.143. The van der Waals surface area contributed by atoms with Gasteiger partial charge >= 0.3 is 11.9 Å². The molecule has 35 heavy (non-hydrogen) atoms. The molecule has 0 spiro atoms. The molecule has 0 aromatic heterocycles. The van der Waals surface area contributed by atoms with Crippen LogP contribution in [0.15, 0.2) is 4.99 Å². The Balaban J connectivity index is 5.15. The number of nitrogens with one attached hydrogen (secondary N) is 3. The number of rotatable bonds is 18. The molecule has 3 amide bonds. The summed E-state index contributed by atoms with van der Waals surface area (Å²) in [4.78, 5) is 63.3. The molecule has 0 fully saturated rings. The summed E-state index contributed by atoms with van der Waals surface area (Å²) < 4.78 is 0. The Hall–Kier alpha value is -3.11. The van der Waals surface area contributed by atoms with Crippen molar-refractivity contribution in [2.24, 2.45) is 22.2 Å². The van der Waals surface area contributed by atoms with Crippen molar-refractivity contribution >= 4 is 47.4 Å². The predicted molar refractivity (Wildman–Crippen MR) is 128 cm³/mol. The summed E-state index contributed by atoms with van der Waals surface area (Å²) in [6, 6.07) is -5.09. The lowest BCUT2D eigenvalue weighted by Crippen LogP contribution is -2.58. The quantitative estimate of drug-likeness (QED) is 0.0483. The largest absolute Gasteiger partial charge is 0.481 e. The minimum atomic E-state index is -1.49. The van der Waals surface area contributed by atoms with Crippen molar-refractivity contribution in [1.82, 2.24) is 16.0 Å². The molecule has 200 valence electrons.